The van der Waals surface area contributed by atoms with E-state index in [0.717, 1.165) is 0 Å². The highest BCUT2D eigenvalue weighted by atomic mass is 16.5. The van der Waals surface area contributed by atoms with Gasteiger partial charge in [0.1, 0.15) is 11.5 Å². The number of amides is 1. The molecule has 2 aromatic carbocycles. The van der Waals surface area contributed by atoms with Crippen LogP contribution in [0.1, 0.15) is 33.2 Å². The molecule has 21 heavy (non-hydrogen) atoms. The van der Waals surface area contributed by atoms with Gasteiger partial charge in [0.2, 0.25) is 5.91 Å². The largest absolute Gasteiger partial charge is 0.507 e. The van der Waals surface area contributed by atoms with Gasteiger partial charge in [-0.3, -0.25) is 9.59 Å². The molecule has 0 radical (unpaired) electrons. The van der Waals surface area contributed by atoms with Crippen LogP contribution in [0.25, 0.3) is 0 Å². The third-order valence-electron chi connectivity index (χ3n) is 2.96. The molecule has 0 aromatic heterocycles. The van der Waals surface area contributed by atoms with Crippen LogP contribution in [0.4, 0.5) is 0 Å². The van der Waals surface area contributed by atoms with Crippen LogP contribution >= 0.6 is 0 Å². The molecule has 0 aliphatic heterocycles. The molecular formula is C16H15NO4. The molecule has 3 N–H and O–H groups in total. The van der Waals surface area contributed by atoms with Crippen LogP contribution in [0.15, 0.2) is 42.5 Å². The van der Waals surface area contributed by atoms with Gasteiger partial charge in [-0.2, -0.15) is 0 Å². The maximum Gasteiger partial charge on any atom is 0.248 e. The van der Waals surface area contributed by atoms with E-state index in [2.05, 4.69) is 0 Å². The van der Waals surface area contributed by atoms with Crippen molar-refractivity contribution in [1.29, 1.82) is 0 Å². The number of phenolic OH excluding ortho intramolecular Hbond substituents is 1. The Kier molecular flexibility index (Phi) is 4.23. The number of phenols is 1. The summed E-state index contributed by atoms with van der Waals surface area (Å²) in [5.74, 6) is -0.532. The van der Waals surface area contributed by atoms with Crippen molar-refractivity contribution in [1.82, 2.24) is 0 Å². The Morgan fingerprint density at radius 1 is 1.10 bits per heavy atom. The quantitative estimate of drug-likeness (QED) is 0.823. The van der Waals surface area contributed by atoms with E-state index in [0.29, 0.717) is 23.5 Å². The Labute approximate surface area is 122 Å². The average Bonchev–Trinajstić information content (AvgIpc) is 2.49. The molecule has 0 saturated heterocycles. The molecule has 1 amide bonds. The predicted octanol–water partition coefficient (Wildman–Crippen LogP) is 2.12. The molecule has 2 rings (SSSR count). The summed E-state index contributed by atoms with van der Waals surface area (Å²) in [6.07, 6.45) is 0. The Morgan fingerprint density at radius 2 is 1.71 bits per heavy atom. The van der Waals surface area contributed by atoms with Crippen molar-refractivity contribution in [2.75, 3.05) is 6.61 Å². The normalized spacial score (nSPS) is 10.1. The summed E-state index contributed by atoms with van der Waals surface area (Å²) in [4.78, 5) is 23.4. The summed E-state index contributed by atoms with van der Waals surface area (Å²) in [5.41, 5.74) is 5.96. The lowest BCUT2D eigenvalue weighted by molar-refractivity contribution is 0.0996. The number of hydrogen-bond donors (Lipinski definition) is 2. The zero-order valence-electron chi connectivity index (χ0n) is 11.5. The summed E-state index contributed by atoms with van der Waals surface area (Å²) >= 11 is 0. The molecular weight excluding hydrogens is 270 g/mol. The first-order chi connectivity index (χ1) is 10.0. The fourth-order valence-electron chi connectivity index (χ4n) is 1.89. The van der Waals surface area contributed by atoms with E-state index in [4.69, 9.17) is 10.5 Å². The second-order valence-corrected chi connectivity index (χ2v) is 4.38. The number of aromatic hydroxyl groups is 1. The number of carbonyl (C=O) groups is 2. The van der Waals surface area contributed by atoms with Crippen molar-refractivity contribution in [3.63, 3.8) is 0 Å². The van der Waals surface area contributed by atoms with Crippen LogP contribution in [0.3, 0.4) is 0 Å². The Balaban J connectivity index is 2.34. The van der Waals surface area contributed by atoms with Crippen molar-refractivity contribution >= 4 is 11.7 Å². The van der Waals surface area contributed by atoms with Crippen molar-refractivity contribution in [2.45, 2.75) is 6.92 Å². The van der Waals surface area contributed by atoms with Crippen LogP contribution in [0.2, 0.25) is 0 Å². The van der Waals surface area contributed by atoms with Crippen LogP contribution < -0.4 is 10.5 Å². The molecule has 0 atom stereocenters. The minimum atomic E-state index is -0.560. The molecule has 2 aromatic rings. The van der Waals surface area contributed by atoms with Gasteiger partial charge in [-0.15, -0.1) is 0 Å². The van der Waals surface area contributed by atoms with E-state index in [9.17, 15) is 14.7 Å². The average molecular weight is 285 g/mol. The monoisotopic (exact) mass is 285 g/mol. The van der Waals surface area contributed by atoms with Gasteiger partial charge in [0.15, 0.2) is 5.78 Å². The number of rotatable bonds is 5. The molecule has 108 valence electrons. The van der Waals surface area contributed by atoms with Crippen LogP contribution in [0.5, 0.6) is 11.5 Å². The number of nitrogens with two attached hydrogens (primary N) is 1. The summed E-state index contributed by atoms with van der Waals surface area (Å²) in [6, 6.07) is 10.4. The van der Waals surface area contributed by atoms with Crippen molar-refractivity contribution in [3.05, 3.63) is 59.2 Å². The number of primary amides is 1. The lowest BCUT2D eigenvalue weighted by Gasteiger charge is -2.08. The first-order valence-electron chi connectivity index (χ1n) is 6.43. The molecule has 5 nitrogen and oxygen atoms in total. The van der Waals surface area contributed by atoms with Gasteiger partial charge in [0.25, 0.3) is 0 Å². The zero-order valence-corrected chi connectivity index (χ0v) is 11.5. The van der Waals surface area contributed by atoms with Crippen LogP contribution in [-0.4, -0.2) is 23.4 Å². The molecule has 0 unspecified atom stereocenters. The summed E-state index contributed by atoms with van der Waals surface area (Å²) in [6.45, 7) is 2.29. The maximum atomic E-state index is 12.4. The lowest BCUT2D eigenvalue weighted by Crippen LogP contribution is -2.11. The third-order valence-corrected chi connectivity index (χ3v) is 2.96. The van der Waals surface area contributed by atoms with Gasteiger partial charge in [-0.1, -0.05) is 12.1 Å². The molecule has 0 heterocycles. The lowest BCUT2D eigenvalue weighted by atomic mass is 10.0. The molecule has 0 fully saturated rings. The van der Waals surface area contributed by atoms with Gasteiger partial charge in [-0.05, 0) is 37.3 Å². The number of ether oxygens (including phenoxy) is 1. The Morgan fingerprint density at radius 3 is 2.29 bits per heavy atom. The zero-order chi connectivity index (χ0) is 15.4. The molecule has 0 aliphatic rings. The van der Waals surface area contributed by atoms with Crippen LogP contribution in [-0.2, 0) is 0 Å². The second-order valence-electron chi connectivity index (χ2n) is 4.38. The van der Waals surface area contributed by atoms with E-state index in [1.165, 1.54) is 36.4 Å². The van der Waals surface area contributed by atoms with Gasteiger partial charge in [-0.25, -0.2) is 0 Å². The Bertz CT molecular complexity index is 677. The van der Waals surface area contributed by atoms with E-state index in [1.807, 2.05) is 6.92 Å². The topological polar surface area (TPSA) is 89.6 Å². The van der Waals surface area contributed by atoms with Gasteiger partial charge in [0, 0.05) is 11.1 Å². The van der Waals surface area contributed by atoms with E-state index in [-0.39, 0.29) is 17.1 Å². The smallest absolute Gasteiger partial charge is 0.248 e. The standard InChI is InChI=1S/C16H15NO4/c1-2-21-12-7-8-14(18)13(9-12)15(19)10-3-5-11(6-4-10)16(17)20/h3-9,18H,2H2,1H3,(H2,17,20). The number of benzene rings is 2. The molecule has 0 spiro atoms. The second kappa shape index (κ2) is 6.09. The van der Waals surface area contributed by atoms with Gasteiger partial charge >= 0.3 is 0 Å². The Hall–Kier alpha value is -2.82. The molecule has 0 saturated carbocycles. The molecule has 0 aliphatic carbocycles. The fraction of sp³-hybridized carbons (Fsp3) is 0.125. The van der Waals surface area contributed by atoms with E-state index in [1.54, 1.807) is 6.07 Å². The number of ketones is 1. The van der Waals surface area contributed by atoms with Crippen molar-refractivity contribution in [2.24, 2.45) is 5.73 Å². The van der Waals surface area contributed by atoms with E-state index >= 15 is 0 Å². The van der Waals surface area contributed by atoms with E-state index < -0.39 is 5.91 Å². The highest BCUT2D eigenvalue weighted by molar-refractivity contribution is 6.11. The summed E-state index contributed by atoms with van der Waals surface area (Å²) < 4.78 is 5.31. The summed E-state index contributed by atoms with van der Waals surface area (Å²) in [7, 11) is 0. The third kappa shape index (κ3) is 3.20. The highest BCUT2D eigenvalue weighted by Crippen LogP contribution is 2.25. The maximum absolute atomic E-state index is 12.4. The van der Waals surface area contributed by atoms with Gasteiger partial charge < -0.3 is 15.6 Å². The number of hydrogen-bond acceptors (Lipinski definition) is 4. The molecule has 5 heteroatoms. The predicted molar refractivity (Wildman–Crippen MR) is 77.7 cm³/mol. The first kappa shape index (κ1) is 14.6. The number of carbonyl (C=O) groups excluding carboxylic acids is 2. The SMILES string of the molecule is CCOc1ccc(O)c(C(=O)c2ccc(C(N)=O)cc2)c1. The minimum Gasteiger partial charge on any atom is -0.507 e. The first-order valence-corrected chi connectivity index (χ1v) is 6.43. The van der Waals surface area contributed by atoms with Gasteiger partial charge in [0.05, 0.1) is 12.2 Å². The van der Waals surface area contributed by atoms with Crippen LogP contribution in [0, 0.1) is 0 Å². The minimum absolute atomic E-state index is 0.123. The highest BCUT2D eigenvalue weighted by Gasteiger charge is 2.15. The molecule has 0 bridgehead atoms. The van der Waals surface area contributed by atoms with Crippen molar-refractivity contribution in [3.8, 4) is 11.5 Å². The summed E-state index contributed by atoms with van der Waals surface area (Å²) in [5, 5.41) is 9.83. The van der Waals surface area contributed by atoms with Crippen molar-refractivity contribution < 1.29 is 19.4 Å². The fourth-order valence-corrected chi connectivity index (χ4v) is 1.89.